The van der Waals surface area contributed by atoms with E-state index in [1.165, 1.54) is 22.3 Å². The number of hydrogen-bond donors (Lipinski definition) is 0. The van der Waals surface area contributed by atoms with Gasteiger partial charge in [0.25, 0.3) is 0 Å². The zero-order valence-electron chi connectivity index (χ0n) is 20.8. The van der Waals surface area contributed by atoms with Crippen LogP contribution in [0.4, 0.5) is 0 Å². The molecule has 7 rings (SSSR count). The quantitative estimate of drug-likeness (QED) is 0.243. The predicted molar refractivity (Wildman–Crippen MR) is 157 cm³/mol. The minimum Gasteiger partial charge on any atom is -0.289 e. The van der Waals surface area contributed by atoms with Crippen molar-refractivity contribution in [3.05, 3.63) is 157 Å². The summed E-state index contributed by atoms with van der Waals surface area (Å²) in [4.78, 5) is 13.5. The highest BCUT2D eigenvalue weighted by Gasteiger charge is 2.27. The van der Waals surface area contributed by atoms with Crippen LogP contribution in [-0.4, -0.2) is 5.78 Å². The Morgan fingerprint density at radius 3 is 0.921 bits per heavy atom. The molecule has 1 nitrogen and oxygen atoms in total. The first-order valence-corrected chi connectivity index (χ1v) is 12.9. The minimum atomic E-state index is 0.0977. The molecule has 178 valence electrons. The third-order valence-corrected chi connectivity index (χ3v) is 7.47. The normalized spacial score (nSPS) is 11.7. The van der Waals surface area contributed by atoms with E-state index in [2.05, 4.69) is 121 Å². The first kappa shape index (κ1) is 22.2. The maximum Gasteiger partial charge on any atom is 0.194 e. The molecular weight excluding hydrogens is 460 g/mol. The Kier molecular flexibility index (Phi) is 5.34. The van der Waals surface area contributed by atoms with E-state index in [9.17, 15) is 4.79 Å². The van der Waals surface area contributed by atoms with Gasteiger partial charge in [0, 0.05) is 11.1 Å². The van der Waals surface area contributed by atoms with Crippen LogP contribution in [0.5, 0.6) is 0 Å². The van der Waals surface area contributed by atoms with Gasteiger partial charge in [0.05, 0.1) is 0 Å². The second-order valence-corrected chi connectivity index (χ2v) is 9.74. The number of carbonyl (C=O) groups excluding carboxylic acids is 1. The van der Waals surface area contributed by atoms with E-state index in [0.29, 0.717) is 0 Å². The number of ketones is 1. The Labute approximate surface area is 222 Å². The Morgan fingerprint density at radius 1 is 0.263 bits per heavy atom. The van der Waals surface area contributed by atoms with Crippen LogP contribution in [-0.2, 0) is 0 Å². The number of rotatable bonds is 4. The molecule has 0 amide bonds. The lowest BCUT2D eigenvalue weighted by molar-refractivity contribution is 0.104. The van der Waals surface area contributed by atoms with Crippen molar-refractivity contribution in [3.63, 3.8) is 0 Å². The molecule has 0 radical (unpaired) electrons. The topological polar surface area (TPSA) is 17.1 Å². The smallest absolute Gasteiger partial charge is 0.194 e. The van der Waals surface area contributed by atoms with Gasteiger partial charge in [0.15, 0.2) is 5.78 Å². The van der Waals surface area contributed by atoms with Gasteiger partial charge >= 0.3 is 0 Å². The van der Waals surface area contributed by atoms with E-state index in [1.807, 2.05) is 24.3 Å². The summed E-state index contributed by atoms with van der Waals surface area (Å²) in [5.74, 6) is 0.0977. The fraction of sp³-hybridized carbons (Fsp3) is 0. The highest BCUT2D eigenvalue weighted by Crippen LogP contribution is 2.40. The van der Waals surface area contributed by atoms with Gasteiger partial charge in [-0.1, -0.05) is 133 Å². The summed E-state index contributed by atoms with van der Waals surface area (Å²) in [6.45, 7) is 0. The number of hydrogen-bond acceptors (Lipinski definition) is 1. The highest BCUT2D eigenvalue weighted by molar-refractivity contribution is 6.22. The summed E-state index contributed by atoms with van der Waals surface area (Å²) in [5.41, 5.74) is 12.7. The highest BCUT2D eigenvalue weighted by atomic mass is 16.1. The Morgan fingerprint density at radius 2 is 0.553 bits per heavy atom. The van der Waals surface area contributed by atoms with E-state index in [0.717, 1.165) is 44.5 Å². The molecule has 1 heteroatoms. The first-order chi connectivity index (χ1) is 18.7. The van der Waals surface area contributed by atoms with Crippen molar-refractivity contribution in [2.24, 2.45) is 0 Å². The summed E-state index contributed by atoms with van der Waals surface area (Å²) < 4.78 is 0. The van der Waals surface area contributed by atoms with E-state index in [1.54, 1.807) is 0 Å². The van der Waals surface area contributed by atoms with Gasteiger partial charge in [-0.2, -0.15) is 0 Å². The lowest BCUT2D eigenvalue weighted by atomic mass is 9.96. The zero-order chi connectivity index (χ0) is 25.5. The minimum absolute atomic E-state index is 0.0977. The fourth-order valence-electron chi connectivity index (χ4n) is 5.41. The Balaban J connectivity index is 1.18. The molecule has 0 aromatic heterocycles. The molecule has 38 heavy (non-hydrogen) atoms. The monoisotopic (exact) mass is 484 g/mol. The fourth-order valence-corrected chi connectivity index (χ4v) is 5.41. The van der Waals surface area contributed by atoms with Crippen LogP contribution in [0.15, 0.2) is 146 Å². The van der Waals surface area contributed by atoms with Crippen molar-refractivity contribution in [2.75, 3.05) is 0 Å². The van der Waals surface area contributed by atoms with Crippen LogP contribution in [0.1, 0.15) is 15.9 Å². The SMILES string of the molecule is O=C1c2cc(-c3ccc(-c4ccccc4)cc3)ccc2-c2ccc(-c3ccc(-c4ccccc4)cc3)cc21. The van der Waals surface area contributed by atoms with Crippen LogP contribution >= 0.6 is 0 Å². The average molecular weight is 485 g/mol. The van der Waals surface area contributed by atoms with Crippen LogP contribution in [0, 0.1) is 0 Å². The standard InChI is InChI=1S/C37H24O/c38-37-35-23-31(29-15-11-27(12-16-29)25-7-3-1-4-8-25)19-21-33(35)34-22-20-32(24-36(34)37)30-17-13-28(14-18-30)26-9-5-2-6-10-26/h1-24H. The number of benzene rings is 6. The number of fused-ring (bicyclic) bond motifs is 3. The van der Waals surface area contributed by atoms with Crippen LogP contribution < -0.4 is 0 Å². The molecule has 6 aromatic rings. The number of carbonyl (C=O) groups is 1. The molecule has 0 fully saturated rings. The van der Waals surface area contributed by atoms with Gasteiger partial charge in [-0.3, -0.25) is 4.79 Å². The molecule has 0 heterocycles. The molecule has 0 bridgehead atoms. The van der Waals surface area contributed by atoms with Crippen molar-refractivity contribution in [2.45, 2.75) is 0 Å². The first-order valence-electron chi connectivity index (χ1n) is 12.9. The molecule has 0 atom stereocenters. The van der Waals surface area contributed by atoms with E-state index < -0.39 is 0 Å². The lowest BCUT2D eigenvalue weighted by Crippen LogP contribution is -1.96. The van der Waals surface area contributed by atoms with Gasteiger partial charge in [-0.15, -0.1) is 0 Å². The molecule has 1 aliphatic carbocycles. The van der Waals surface area contributed by atoms with E-state index in [4.69, 9.17) is 0 Å². The Bertz CT molecular complexity index is 1640. The summed E-state index contributed by atoms with van der Waals surface area (Å²) in [6, 6.07) is 50.4. The molecule has 0 saturated carbocycles. The molecule has 0 saturated heterocycles. The van der Waals surface area contributed by atoms with E-state index in [-0.39, 0.29) is 5.78 Å². The van der Waals surface area contributed by atoms with Gasteiger partial charge in [-0.05, 0) is 67.8 Å². The summed E-state index contributed by atoms with van der Waals surface area (Å²) in [6.07, 6.45) is 0. The molecular formula is C37H24O. The molecule has 0 unspecified atom stereocenters. The van der Waals surface area contributed by atoms with Gasteiger partial charge in [0.1, 0.15) is 0 Å². The van der Waals surface area contributed by atoms with Crippen LogP contribution in [0.3, 0.4) is 0 Å². The molecule has 1 aliphatic rings. The Hall–Kier alpha value is -5.01. The molecule has 0 spiro atoms. The van der Waals surface area contributed by atoms with Crippen molar-refractivity contribution in [1.82, 2.24) is 0 Å². The summed E-state index contributed by atoms with van der Waals surface area (Å²) in [5, 5.41) is 0. The maximum absolute atomic E-state index is 13.5. The molecule has 0 aliphatic heterocycles. The molecule has 6 aromatic carbocycles. The van der Waals surface area contributed by atoms with Crippen molar-refractivity contribution >= 4 is 5.78 Å². The summed E-state index contributed by atoms with van der Waals surface area (Å²) in [7, 11) is 0. The van der Waals surface area contributed by atoms with Gasteiger partial charge in [0.2, 0.25) is 0 Å². The van der Waals surface area contributed by atoms with Gasteiger partial charge in [-0.25, -0.2) is 0 Å². The maximum atomic E-state index is 13.5. The van der Waals surface area contributed by atoms with Crippen molar-refractivity contribution in [1.29, 1.82) is 0 Å². The van der Waals surface area contributed by atoms with Gasteiger partial charge < -0.3 is 0 Å². The second-order valence-electron chi connectivity index (χ2n) is 9.74. The van der Waals surface area contributed by atoms with Crippen molar-refractivity contribution in [3.8, 4) is 55.6 Å². The van der Waals surface area contributed by atoms with Crippen LogP contribution in [0.25, 0.3) is 55.6 Å². The molecule has 0 N–H and O–H groups in total. The van der Waals surface area contributed by atoms with E-state index >= 15 is 0 Å². The third kappa shape index (κ3) is 3.86. The second kappa shape index (κ2) is 9.14. The predicted octanol–water partition coefficient (Wildman–Crippen LogP) is 9.57. The lowest BCUT2D eigenvalue weighted by Gasteiger charge is -2.08. The van der Waals surface area contributed by atoms with Crippen LogP contribution in [0.2, 0.25) is 0 Å². The zero-order valence-corrected chi connectivity index (χ0v) is 20.8. The average Bonchev–Trinajstić information content (AvgIpc) is 3.28. The van der Waals surface area contributed by atoms with Crippen molar-refractivity contribution < 1.29 is 4.79 Å². The summed E-state index contributed by atoms with van der Waals surface area (Å²) >= 11 is 0. The third-order valence-electron chi connectivity index (χ3n) is 7.47. The largest absolute Gasteiger partial charge is 0.289 e.